The van der Waals surface area contributed by atoms with Crippen LogP contribution in [-0.4, -0.2) is 54.5 Å². The minimum atomic E-state index is -0.120. The van der Waals surface area contributed by atoms with Crippen molar-refractivity contribution in [1.29, 1.82) is 0 Å². The van der Waals surface area contributed by atoms with Gasteiger partial charge in [0.1, 0.15) is 0 Å². The number of amides is 2. The van der Waals surface area contributed by atoms with Crippen molar-refractivity contribution in [2.24, 2.45) is 0 Å². The number of carbonyl (C=O) groups is 2. The first-order valence-electron chi connectivity index (χ1n) is 7.05. The molecule has 2 rings (SSSR count). The average molecular weight is 343 g/mol. The first kappa shape index (κ1) is 17.1. The van der Waals surface area contributed by atoms with E-state index in [1.54, 1.807) is 23.1 Å². The third-order valence-electron chi connectivity index (χ3n) is 3.29. The molecule has 0 radical (unpaired) electrons. The van der Waals surface area contributed by atoms with Crippen LogP contribution in [0.5, 0.6) is 0 Å². The first-order chi connectivity index (χ1) is 10.6. The van der Waals surface area contributed by atoms with Gasteiger partial charge in [-0.05, 0) is 30.7 Å². The monoisotopic (exact) mass is 342 g/mol. The lowest BCUT2D eigenvalue weighted by atomic mass is 10.2. The Morgan fingerprint density at radius 3 is 2.73 bits per heavy atom. The van der Waals surface area contributed by atoms with Gasteiger partial charge in [-0.1, -0.05) is 11.6 Å². The second-order valence-electron chi connectivity index (χ2n) is 4.99. The molecule has 120 valence electrons. The minimum Gasteiger partial charge on any atom is -0.378 e. The van der Waals surface area contributed by atoms with Crippen LogP contribution in [0.15, 0.2) is 18.2 Å². The molecular weight excluding hydrogens is 324 g/mol. The molecule has 22 heavy (non-hydrogen) atoms. The average Bonchev–Trinajstić information content (AvgIpc) is 2.51. The molecule has 0 saturated carbocycles. The maximum absolute atomic E-state index is 11.9. The number of nitrogens with zero attached hydrogens (tertiary/aromatic N) is 1. The molecule has 0 atom stereocenters. The molecule has 1 aliphatic rings. The van der Waals surface area contributed by atoms with E-state index in [0.717, 1.165) is 11.3 Å². The highest BCUT2D eigenvalue weighted by Gasteiger charge is 2.17. The van der Waals surface area contributed by atoms with Gasteiger partial charge in [-0.15, -0.1) is 11.8 Å². The summed E-state index contributed by atoms with van der Waals surface area (Å²) in [6, 6.07) is 5.31. The third-order valence-corrected chi connectivity index (χ3v) is 4.44. The maximum atomic E-state index is 11.9. The number of thioether (sulfide) groups is 1. The number of carbonyl (C=O) groups excluding carboxylic acids is 2. The summed E-state index contributed by atoms with van der Waals surface area (Å²) >= 11 is 7.20. The minimum absolute atomic E-state index is 0.0590. The highest BCUT2D eigenvalue weighted by atomic mass is 35.5. The highest BCUT2D eigenvalue weighted by molar-refractivity contribution is 8.00. The summed E-state index contributed by atoms with van der Waals surface area (Å²) in [5.41, 5.74) is 1.66. The van der Waals surface area contributed by atoms with Gasteiger partial charge in [0.25, 0.3) is 0 Å². The molecule has 1 aliphatic heterocycles. The van der Waals surface area contributed by atoms with Gasteiger partial charge in [0.2, 0.25) is 11.8 Å². The Bertz CT molecular complexity index is 548. The predicted octanol–water partition coefficient (Wildman–Crippen LogP) is 2.18. The van der Waals surface area contributed by atoms with Crippen LogP contribution in [0.3, 0.4) is 0 Å². The van der Waals surface area contributed by atoms with Gasteiger partial charge in [-0.2, -0.15) is 0 Å². The van der Waals surface area contributed by atoms with Gasteiger partial charge in [-0.25, -0.2) is 0 Å². The fourth-order valence-corrected chi connectivity index (χ4v) is 3.03. The SMILES string of the molecule is Cc1cc(Cl)ccc1NC(=O)CSCC(=O)N1CCOCC1. The summed E-state index contributed by atoms with van der Waals surface area (Å²) < 4.78 is 5.20. The van der Waals surface area contributed by atoms with Crippen molar-refractivity contribution >= 4 is 40.9 Å². The molecule has 1 fully saturated rings. The zero-order valence-electron chi connectivity index (χ0n) is 12.4. The van der Waals surface area contributed by atoms with E-state index >= 15 is 0 Å². The van der Waals surface area contributed by atoms with Crippen LogP contribution in [0.1, 0.15) is 5.56 Å². The van der Waals surface area contributed by atoms with E-state index in [0.29, 0.717) is 37.1 Å². The molecule has 0 bridgehead atoms. The molecule has 1 N–H and O–H groups in total. The molecule has 1 heterocycles. The van der Waals surface area contributed by atoms with E-state index in [1.165, 1.54) is 11.8 Å². The molecule has 0 aliphatic carbocycles. The number of nitrogens with one attached hydrogen (secondary N) is 1. The van der Waals surface area contributed by atoms with Gasteiger partial charge in [0.05, 0.1) is 24.7 Å². The quantitative estimate of drug-likeness (QED) is 0.891. The number of rotatable bonds is 5. The fourth-order valence-electron chi connectivity index (χ4n) is 2.09. The van der Waals surface area contributed by atoms with Crippen LogP contribution in [0, 0.1) is 6.92 Å². The fraction of sp³-hybridized carbons (Fsp3) is 0.467. The van der Waals surface area contributed by atoms with Gasteiger partial charge < -0.3 is 15.0 Å². The Morgan fingerprint density at radius 2 is 2.05 bits per heavy atom. The van der Waals surface area contributed by atoms with Crippen LogP contribution in [0.25, 0.3) is 0 Å². The van der Waals surface area contributed by atoms with Crippen molar-refractivity contribution < 1.29 is 14.3 Å². The van der Waals surface area contributed by atoms with Crippen LogP contribution in [0.4, 0.5) is 5.69 Å². The molecule has 5 nitrogen and oxygen atoms in total. The van der Waals surface area contributed by atoms with Gasteiger partial charge in [0.15, 0.2) is 0 Å². The lowest BCUT2D eigenvalue weighted by Gasteiger charge is -2.26. The molecule has 0 unspecified atom stereocenters. The van der Waals surface area contributed by atoms with Crippen LogP contribution < -0.4 is 5.32 Å². The maximum Gasteiger partial charge on any atom is 0.234 e. The number of benzene rings is 1. The van der Waals surface area contributed by atoms with Crippen molar-refractivity contribution in [1.82, 2.24) is 4.90 Å². The standard InChI is InChI=1S/C15H19ClN2O3S/c1-11-8-12(16)2-3-13(11)17-14(19)9-22-10-15(20)18-4-6-21-7-5-18/h2-3,8H,4-7,9-10H2,1H3,(H,17,19). The van der Waals surface area contributed by atoms with Gasteiger partial charge in [0, 0.05) is 23.8 Å². The van der Waals surface area contributed by atoms with E-state index in [2.05, 4.69) is 5.32 Å². The summed E-state index contributed by atoms with van der Waals surface area (Å²) in [7, 11) is 0. The summed E-state index contributed by atoms with van der Waals surface area (Å²) in [6.45, 7) is 4.33. The third kappa shape index (κ3) is 5.19. The van der Waals surface area contributed by atoms with Crippen molar-refractivity contribution in [2.45, 2.75) is 6.92 Å². The van der Waals surface area contributed by atoms with Crippen LogP contribution >= 0.6 is 23.4 Å². The summed E-state index contributed by atoms with van der Waals surface area (Å²) in [6.07, 6.45) is 0. The number of halogens is 1. The molecule has 2 amide bonds. The van der Waals surface area contributed by atoms with E-state index < -0.39 is 0 Å². The Balaban J connectivity index is 1.72. The number of morpholine rings is 1. The molecule has 0 spiro atoms. The molecule has 0 aromatic heterocycles. The van der Waals surface area contributed by atoms with Crippen molar-refractivity contribution in [3.05, 3.63) is 28.8 Å². The lowest BCUT2D eigenvalue weighted by molar-refractivity contribution is -0.132. The number of ether oxygens (including phenoxy) is 1. The normalized spacial score (nSPS) is 14.7. The number of anilines is 1. The van der Waals surface area contributed by atoms with E-state index in [-0.39, 0.29) is 17.6 Å². The summed E-state index contributed by atoms with van der Waals surface area (Å²) in [4.78, 5) is 25.6. The molecule has 7 heteroatoms. The zero-order chi connectivity index (χ0) is 15.9. The van der Waals surface area contributed by atoms with Crippen molar-refractivity contribution in [3.8, 4) is 0 Å². The highest BCUT2D eigenvalue weighted by Crippen LogP contribution is 2.19. The Labute approximate surface area is 139 Å². The molecular formula is C15H19ClN2O3S. The van der Waals surface area contributed by atoms with Crippen LogP contribution in [0.2, 0.25) is 5.02 Å². The number of aryl methyl sites for hydroxylation is 1. The molecule has 1 aromatic carbocycles. The lowest BCUT2D eigenvalue weighted by Crippen LogP contribution is -2.41. The van der Waals surface area contributed by atoms with Gasteiger partial charge in [-0.3, -0.25) is 9.59 Å². The Kier molecular flexibility index (Phi) is 6.54. The molecule has 1 saturated heterocycles. The van der Waals surface area contributed by atoms with Crippen LogP contribution in [-0.2, 0) is 14.3 Å². The van der Waals surface area contributed by atoms with Crippen molar-refractivity contribution in [2.75, 3.05) is 43.1 Å². The molecule has 1 aromatic rings. The van der Waals surface area contributed by atoms with E-state index in [9.17, 15) is 9.59 Å². The first-order valence-corrected chi connectivity index (χ1v) is 8.59. The zero-order valence-corrected chi connectivity index (χ0v) is 14.0. The second kappa shape index (κ2) is 8.41. The van der Waals surface area contributed by atoms with E-state index in [4.69, 9.17) is 16.3 Å². The Morgan fingerprint density at radius 1 is 1.32 bits per heavy atom. The summed E-state index contributed by atoms with van der Waals surface area (Å²) in [5, 5.41) is 3.47. The predicted molar refractivity (Wildman–Crippen MR) is 89.5 cm³/mol. The van der Waals surface area contributed by atoms with Crippen molar-refractivity contribution in [3.63, 3.8) is 0 Å². The van der Waals surface area contributed by atoms with Gasteiger partial charge >= 0.3 is 0 Å². The van der Waals surface area contributed by atoms with E-state index in [1.807, 2.05) is 6.92 Å². The largest absolute Gasteiger partial charge is 0.378 e. The smallest absolute Gasteiger partial charge is 0.234 e. The number of hydrogen-bond donors (Lipinski definition) is 1. The second-order valence-corrected chi connectivity index (χ2v) is 6.42. The summed E-state index contributed by atoms with van der Waals surface area (Å²) in [5.74, 6) is 0.500. The topological polar surface area (TPSA) is 58.6 Å². The Hall–Kier alpha value is -1.24. The number of hydrogen-bond acceptors (Lipinski definition) is 4.